The summed E-state index contributed by atoms with van der Waals surface area (Å²) in [7, 11) is 0. The van der Waals surface area contributed by atoms with Crippen molar-refractivity contribution in [2.24, 2.45) is 0 Å². The minimum Gasteiger partial charge on any atom is -0.432 e. The van der Waals surface area contributed by atoms with Crippen LogP contribution >= 0.6 is 0 Å². The molecular formula is C4H4F3NO3. The van der Waals surface area contributed by atoms with Crippen LogP contribution in [0.4, 0.5) is 18.0 Å². The van der Waals surface area contributed by atoms with Crippen LogP contribution in [0.3, 0.4) is 0 Å². The van der Waals surface area contributed by atoms with Gasteiger partial charge in [-0.1, -0.05) is 0 Å². The van der Waals surface area contributed by atoms with Crippen LogP contribution in [-0.4, -0.2) is 25.0 Å². The van der Waals surface area contributed by atoms with E-state index in [4.69, 9.17) is 0 Å². The SMILES string of the molecule is O=C1NOCC(C(F)(F)F)O1. The number of rotatable bonds is 0. The molecule has 0 aromatic carbocycles. The molecule has 1 amide bonds. The van der Waals surface area contributed by atoms with Gasteiger partial charge in [0.05, 0.1) is 0 Å². The molecule has 7 heteroatoms. The molecule has 4 nitrogen and oxygen atoms in total. The largest absolute Gasteiger partial charge is 0.432 e. The smallest absolute Gasteiger partial charge is 0.431 e. The first-order chi connectivity index (χ1) is 5.00. The van der Waals surface area contributed by atoms with Gasteiger partial charge in [-0.3, -0.25) is 4.84 Å². The van der Waals surface area contributed by atoms with Gasteiger partial charge in [-0.15, -0.1) is 0 Å². The van der Waals surface area contributed by atoms with Crippen LogP contribution < -0.4 is 5.48 Å². The van der Waals surface area contributed by atoms with Crippen molar-refractivity contribution in [2.45, 2.75) is 12.3 Å². The standard InChI is InChI=1S/C4H4F3NO3/c5-4(6,7)2-1-10-8-3(9)11-2/h2H,1H2,(H,8,9). The number of amides is 1. The third-order valence-electron chi connectivity index (χ3n) is 1.00. The van der Waals surface area contributed by atoms with Gasteiger partial charge >= 0.3 is 12.3 Å². The summed E-state index contributed by atoms with van der Waals surface area (Å²) in [5.74, 6) is 0. The summed E-state index contributed by atoms with van der Waals surface area (Å²) in [5, 5.41) is 0. The highest BCUT2D eigenvalue weighted by atomic mass is 19.4. The van der Waals surface area contributed by atoms with Crippen LogP contribution in [0.2, 0.25) is 0 Å². The molecule has 1 unspecified atom stereocenters. The zero-order chi connectivity index (χ0) is 8.48. The number of nitrogens with one attached hydrogen (secondary N) is 1. The van der Waals surface area contributed by atoms with Crippen LogP contribution in [0.15, 0.2) is 0 Å². The predicted octanol–water partition coefficient (Wildman–Crippen LogP) is 0.589. The maximum atomic E-state index is 11.7. The van der Waals surface area contributed by atoms with Crippen molar-refractivity contribution in [1.82, 2.24) is 5.48 Å². The maximum Gasteiger partial charge on any atom is 0.431 e. The van der Waals surface area contributed by atoms with E-state index < -0.39 is 25.0 Å². The fourth-order valence-electron chi connectivity index (χ4n) is 0.525. The third-order valence-corrected chi connectivity index (χ3v) is 1.00. The van der Waals surface area contributed by atoms with Crippen molar-refractivity contribution in [3.8, 4) is 0 Å². The Bertz CT molecular complexity index is 168. The van der Waals surface area contributed by atoms with Crippen LogP contribution in [0, 0.1) is 0 Å². The lowest BCUT2D eigenvalue weighted by molar-refractivity contribution is -0.237. The summed E-state index contributed by atoms with van der Waals surface area (Å²) in [6.45, 7) is -0.713. The molecule has 0 spiro atoms. The van der Waals surface area contributed by atoms with Crippen LogP contribution in [-0.2, 0) is 9.57 Å². The fraction of sp³-hybridized carbons (Fsp3) is 0.750. The number of carbonyl (C=O) groups excluding carboxylic acids is 1. The first kappa shape index (κ1) is 8.12. The topological polar surface area (TPSA) is 47.6 Å². The number of hydrogen-bond donors (Lipinski definition) is 1. The Kier molecular flexibility index (Phi) is 1.90. The molecule has 1 saturated heterocycles. The number of alkyl halides is 3. The molecular weight excluding hydrogens is 167 g/mol. The Hall–Kier alpha value is -0.980. The first-order valence-electron chi connectivity index (χ1n) is 2.65. The molecule has 11 heavy (non-hydrogen) atoms. The summed E-state index contributed by atoms with van der Waals surface area (Å²) in [4.78, 5) is 14.2. The molecule has 1 aliphatic heterocycles. The van der Waals surface area contributed by atoms with E-state index in [2.05, 4.69) is 9.57 Å². The molecule has 1 rings (SSSR count). The van der Waals surface area contributed by atoms with Gasteiger partial charge in [0.15, 0.2) is 0 Å². The van der Waals surface area contributed by atoms with E-state index in [1.165, 1.54) is 0 Å². The summed E-state index contributed by atoms with van der Waals surface area (Å²) < 4.78 is 39.0. The van der Waals surface area contributed by atoms with Gasteiger partial charge in [0.25, 0.3) is 0 Å². The van der Waals surface area contributed by atoms with E-state index in [-0.39, 0.29) is 0 Å². The molecule has 0 saturated carbocycles. The summed E-state index contributed by atoms with van der Waals surface area (Å²) >= 11 is 0. The summed E-state index contributed by atoms with van der Waals surface area (Å²) in [6, 6.07) is 0. The van der Waals surface area contributed by atoms with Crippen molar-refractivity contribution in [3.05, 3.63) is 0 Å². The Labute approximate surface area is 59.2 Å². The summed E-state index contributed by atoms with van der Waals surface area (Å²) in [6.07, 6.45) is -7.94. The third kappa shape index (κ3) is 1.97. The number of hydroxylamine groups is 1. The number of hydrogen-bond acceptors (Lipinski definition) is 3. The maximum absolute atomic E-state index is 11.7. The summed E-state index contributed by atoms with van der Waals surface area (Å²) in [5.41, 5.74) is 1.62. The predicted molar refractivity (Wildman–Crippen MR) is 25.4 cm³/mol. The van der Waals surface area contributed by atoms with Crippen LogP contribution in [0.5, 0.6) is 0 Å². The van der Waals surface area contributed by atoms with Crippen molar-refractivity contribution < 1.29 is 27.5 Å². The molecule has 1 N–H and O–H groups in total. The zero-order valence-corrected chi connectivity index (χ0v) is 5.14. The van der Waals surface area contributed by atoms with Crippen molar-refractivity contribution in [3.63, 3.8) is 0 Å². The van der Waals surface area contributed by atoms with E-state index in [1.54, 1.807) is 5.48 Å². The Morgan fingerprint density at radius 3 is 2.55 bits per heavy atom. The lowest BCUT2D eigenvalue weighted by Gasteiger charge is -2.24. The highest BCUT2D eigenvalue weighted by Gasteiger charge is 2.45. The lowest BCUT2D eigenvalue weighted by atomic mass is 10.4. The molecule has 64 valence electrons. The van der Waals surface area contributed by atoms with Crippen molar-refractivity contribution in [2.75, 3.05) is 6.61 Å². The van der Waals surface area contributed by atoms with Crippen molar-refractivity contribution in [1.29, 1.82) is 0 Å². The molecule has 0 aromatic heterocycles. The molecule has 0 aliphatic carbocycles. The second kappa shape index (κ2) is 2.57. The number of carbonyl (C=O) groups is 1. The quantitative estimate of drug-likeness (QED) is 0.580. The molecule has 1 heterocycles. The van der Waals surface area contributed by atoms with Gasteiger partial charge in [0.2, 0.25) is 6.10 Å². The van der Waals surface area contributed by atoms with Gasteiger partial charge in [0, 0.05) is 0 Å². The zero-order valence-electron chi connectivity index (χ0n) is 5.14. The minimum absolute atomic E-state index is 0.713. The number of cyclic esters (lactones) is 1. The van der Waals surface area contributed by atoms with Crippen LogP contribution in [0.1, 0.15) is 0 Å². The fourth-order valence-corrected chi connectivity index (χ4v) is 0.525. The molecule has 1 fully saturated rings. The lowest BCUT2D eigenvalue weighted by Crippen LogP contribution is -2.47. The van der Waals surface area contributed by atoms with Gasteiger partial charge in [-0.05, 0) is 0 Å². The van der Waals surface area contributed by atoms with E-state index >= 15 is 0 Å². The van der Waals surface area contributed by atoms with Crippen LogP contribution in [0.25, 0.3) is 0 Å². The average molecular weight is 171 g/mol. The Balaban J connectivity index is 2.53. The highest BCUT2D eigenvalue weighted by molar-refractivity contribution is 5.66. The first-order valence-corrected chi connectivity index (χ1v) is 2.65. The second-order valence-electron chi connectivity index (χ2n) is 1.85. The molecule has 1 atom stereocenters. The van der Waals surface area contributed by atoms with E-state index in [9.17, 15) is 18.0 Å². The van der Waals surface area contributed by atoms with E-state index in [0.717, 1.165) is 0 Å². The average Bonchev–Trinajstić information content (AvgIpc) is 1.86. The van der Waals surface area contributed by atoms with Gasteiger partial charge < -0.3 is 4.74 Å². The molecule has 0 aromatic rings. The van der Waals surface area contributed by atoms with E-state index in [1.807, 2.05) is 0 Å². The van der Waals surface area contributed by atoms with E-state index in [0.29, 0.717) is 0 Å². The molecule has 0 radical (unpaired) electrons. The van der Waals surface area contributed by atoms with Gasteiger partial charge in [-0.25, -0.2) is 4.79 Å². The highest BCUT2D eigenvalue weighted by Crippen LogP contribution is 2.24. The normalized spacial score (nSPS) is 25.7. The van der Waals surface area contributed by atoms with Gasteiger partial charge in [-0.2, -0.15) is 18.7 Å². The number of ether oxygens (including phenoxy) is 1. The Morgan fingerprint density at radius 1 is 1.55 bits per heavy atom. The minimum atomic E-state index is -4.56. The molecule has 1 aliphatic rings. The molecule has 0 bridgehead atoms. The van der Waals surface area contributed by atoms with Gasteiger partial charge in [0.1, 0.15) is 6.61 Å². The Morgan fingerprint density at radius 2 is 2.18 bits per heavy atom. The second-order valence-corrected chi connectivity index (χ2v) is 1.85. The van der Waals surface area contributed by atoms with Crippen molar-refractivity contribution >= 4 is 6.09 Å². The number of halogens is 3. The monoisotopic (exact) mass is 171 g/mol.